The number of amides is 1. The molecule has 1 heterocycles. The molecule has 0 aliphatic heterocycles. The van der Waals surface area contributed by atoms with Crippen molar-refractivity contribution < 1.29 is 14.6 Å². The minimum absolute atomic E-state index is 0.0341. The first-order valence-electron chi connectivity index (χ1n) is 8.95. The van der Waals surface area contributed by atoms with Gasteiger partial charge in [-0.2, -0.15) is 4.99 Å². The third-order valence-electron chi connectivity index (χ3n) is 6.49. The second kappa shape index (κ2) is 6.07. The van der Waals surface area contributed by atoms with Crippen LogP contribution in [0.25, 0.3) is 0 Å². The van der Waals surface area contributed by atoms with E-state index in [-0.39, 0.29) is 17.9 Å². The van der Waals surface area contributed by atoms with Crippen LogP contribution >= 0.6 is 11.3 Å². The number of carbonyl (C=O) groups excluding carboxylic acids is 1. The second-order valence-corrected chi connectivity index (χ2v) is 8.99. The summed E-state index contributed by atoms with van der Waals surface area (Å²) < 4.78 is 7.13. The van der Waals surface area contributed by atoms with Crippen molar-refractivity contribution in [2.45, 2.75) is 52.2 Å². The van der Waals surface area contributed by atoms with E-state index >= 15 is 0 Å². The van der Waals surface area contributed by atoms with Gasteiger partial charge in [-0.15, -0.1) is 11.3 Å². The Kier molecular flexibility index (Phi) is 4.17. The van der Waals surface area contributed by atoms with Crippen LogP contribution in [-0.2, 0) is 22.7 Å². The highest BCUT2D eigenvalue weighted by molar-refractivity contribution is 7.09. The summed E-state index contributed by atoms with van der Waals surface area (Å²) in [6, 6.07) is 0. The van der Waals surface area contributed by atoms with Gasteiger partial charge in [-0.3, -0.25) is 4.79 Å². The van der Waals surface area contributed by atoms with Gasteiger partial charge in [-0.25, -0.2) is 0 Å². The molecule has 1 aromatic heterocycles. The summed E-state index contributed by atoms with van der Waals surface area (Å²) in [6.45, 7) is 3.10. The largest absolute Gasteiger partial charge is 0.390 e. The zero-order valence-corrected chi connectivity index (χ0v) is 15.3. The average Bonchev–Trinajstić information content (AvgIpc) is 3.09. The molecule has 4 fully saturated rings. The van der Waals surface area contributed by atoms with Crippen molar-refractivity contribution in [2.75, 3.05) is 13.7 Å². The maximum absolute atomic E-state index is 13.2. The highest BCUT2D eigenvalue weighted by atomic mass is 32.1. The molecule has 2 atom stereocenters. The summed E-state index contributed by atoms with van der Waals surface area (Å²) in [5, 5.41) is 9.67. The maximum Gasteiger partial charge on any atom is 0.254 e. The van der Waals surface area contributed by atoms with Gasteiger partial charge in [0, 0.05) is 18.5 Å². The van der Waals surface area contributed by atoms with Crippen molar-refractivity contribution in [3.05, 3.63) is 15.4 Å². The summed E-state index contributed by atoms with van der Waals surface area (Å²) in [4.78, 5) is 19.5. The molecule has 0 radical (unpaired) electrons. The molecular formula is C18H26N2O3S. The van der Waals surface area contributed by atoms with Crippen LogP contribution < -0.4 is 4.80 Å². The Balaban J connectivity index is 1.69. The van der Waals surface area contributed by atoms with Gasteiger partial charge in [0.1, 0.15) is 0 Å². The van der Waals surface area contributed by atoms with Crippen LogP contribution in [0.4, 0.5) is 0 Å². The third-order valence-corrected chi connectivity index (χ3v) is 7.53. The molecule has 1 amide bonds. The number of ether oxygens (including phenoxy) is 1. The maximum atomic E-state index is 13.2. The lowest BCUT2D eigenvalue weighted by Crippen LogP contribution is -2.33. The van der Waals surface area contributed by atoms with Crippen LogP contribution in [0.3, 0.4) is 0 Å². The number of rotatable bonds is 5. The molecule has 0 spiro atoms. The molecule has 6 heteroatoms. The average molecular weight is 350 g/mol. The van der Waals surface area contributed by atoms with Crippen molar-refractivity contribution in [1.29, 1.82) is 0 Å². The van der Waals surface area contributed by atoms with E-state index in [9.17, 15) is 9.90 Å². The Bertz CT molecular complexity index is 706. The van der Waals surface area contributed by atoms with Crippen LogP contribution in [0.2, 0.25) is 0 Å². The van der Waals surface area contributed by atoms with Crippen LogP contribution in [0.5, 0.6) is 0 Å². The predicted molar refractivity (Wildman–Crippen MR) is 91.4 cm³/mol. The monoisotopic (exact) mass is 350 g/mol. The van der Waals surface area contributed by atoms with Crippen molar-refractivity contribution >= 4 is 17.2 Å². The normalized spacial score (nSPS) is 34.5. The van der Waals surface area contributed by atoms with Crippen molar-refractivity contribution in [3.8, 4) is 0 Å². The molecule has 24 heavy (non-hydrogen) atoms. The van der Waals surface area contributed by atoms with E-state index in [2.05, 4.69) is 4.99 Å². The molecule has 4 saturated carbocycles. The van der Waals surface area contributed by atoms with E-state index in [1.165, 1.54) is 30.6 Å². The number of aromatic nitrogens is 1. The molecule has 4 aliphatic carbocycles. The fourth-order valence-electron chi connectivity index (χ4n) is 5.59. The standard InChI is InChI=1S/C18H26N2O3S/c1-11-15(10-21)20(3-4-23-2)17(24-11)19-16(22)18-8-12-5-13(9-18)7-14(18)6-12/h12-14,21H,3-10H2,1-2H3/b19-17-. The van der Waals surface area contributed by atoms with E-state index < -0.39 is 0 Å². The summed E-state index contributed by atoms with van der Waals surface area (Å²) >= 11 is 1.51. The summed E-state index contributed by atoms with van der Waals surface area (Å²) in [7, 11) is 1.66. The van der Waals surface area contributed by atoms with Gasteiger partial charge >= 0.3 is 0 Å². The second-order valence-electron chi connectivity index (χ2n) is 7.81. The zero-order valence-electron chi connectivity index (χ0n) is 14.5. The van der Waals surface area contributed by atoms with Crippen molar-refractivity contribution in [1.82, 2.24) is 4.57 Å². The number of thiazole rings is 1. The van der Waals surface area contributed by atoms with Gasteiger partial charge in [0.05, 0.1) is 24.3 Å². The highest BCUT2D eigenvalue weighted by Gasteiger charge is 2.61. The van der Waals surface area contributed by atoms with Gasteiger partial charge in [0.2, 0.25) is 0 Å². The Morgan fingerprint density at radius 3 is 2.71 bits per heavy atom. The molecule has 0 saturated heterocycles. The van der Waals surface area contributed by atoms with Gasteiger partial charge < -0.3 is 14.4 Å². The minimum atomic E-state index is -0.177. The third kappa shape index (κ3) is 2.42. The Morgan fingerprint density at radius 2 is 2.08 bits per heavy atom. The molecular weight excluding hydrogens is 324 g/mol. The first-order valence-corrected chi connectivity index (χ1v) is 9.77. The van der Waals surface area contributed by atoms with Crippen LogP contribution in [-0.4, -0.2) is 29.3 Å². The number of methoxy groups -OCH3 is 1. The minimum Gasteiger partial charge on any atom is -0.390 e. The van der Waals surface area contributed by atoms with E-state index in [1.54, 1.807) is 7.11 Å². The molecule has 4 bridgehead atoms. The van der Waals surface area contributed by atoms with Gasteiger partial charge in [-0.05, 0) is 56.8 Å². The first kappa shape index (κ1) is 16.5. The van der Waals surface area contributed by atoms with E-state index in [1.807, 2.05) is 11.5 Å². The fraction of sp³-hybridized carbons (Fsp3) is 0.778. The van der Waals surface area contributed by atoms with Crippen molar-refractivity contribution in [3.63, 3.8) is 0 Å². The number of aliphatic hydroxyl groups excluding tert-OH is 1. The number of aliphatic hydroxyl groups is 1. The lowest BCUT2D eigenvalue weighted by Gasteiger charge is -2.29. The highest BCUT2D eigenvalue weighted by Crippen LogP contribution is 2.65. The van der Waals surface area contributed by atoms with E-state index in [0.717, 1.165) is 40.0 Å². The zero-order chi connectivity index (χ0) is 16.9. The quantitative estimate of drug-likeness (QED) is 0.886. The smallest absolute Gasteiger partial charge is 0.254 e. The molecule has 5 rings (SSSR count). The lowest BCUT2D eigenvalue weighted by atomic mass is 9.75. The number of hydrogen-bond donors (Lipinski definition) is 1. The summed E-state index contributed by atoms with van der Waals surface area (Å²) in [5.74, 6) is 2.15. The molecule has 5 nitrogen and oxygen atoms in total. The van der Waals surface area contributed by atoms with Crippen LogP contribution in [0, 0.1) is 30.1 Å². The molecule has 0 aromatic carbocycles. The number of hydrogen-bond acceptors (Lipinski definition) is 4. The molecule has 1 aromatic rings. The number of carbonyl (C=O) groups is 1. The SMILES string of the molecule is COCCn1c(CO)c(C)s/c1=N\C(=O)C12CC3CC(CC1C3)C2. The summed E-state index contributed by atoms with van der Waals surface area (Å²) in [6.07, 6.45) is 5.88. The van der Waals surface area contributed by atoms with E-state index in [0.29, 0.717) is 19.1 Å². The van der Waals surface area contributed by atoms with Gasteiger partial charge in [0.25, 0.3) is 5.91 Å². The van der Waals surface area contributed by atoms with Gasteiger partial charge in [-0.1, -0.05) is 0 Å². The number of nitrogens with zero attached hydrogens (tertiary/aromatic N) is 2. The van der Waals surface area contributed by atoms with Crippen LogP contribution in [0.1, 0.15) is 42.7 Å². The van der Waals surface area contributed by atoms with Crippen LogP contribution in [0.15, 0.2) is 4.99 Å². The first-order chi connectivity index (χ1) is 11.6. The topological polar surface area (TPSA) is 63.8 Å². The lowest BCUT2D eigenvalue weighted by molar-refractivity contribution is -0.129. The summed E-state index contributed by atoms with van der Waals surface area (Å²) in [5.41, 5.74) is 0.669. The Hall–Kier alpha value is -0.980. The Labute approximate surface area is 146 Å². The predicted octanol–water partition coefficient (Wildman–Crippen LogP) is 2.25. The molecule has 132 valence electrons. The fourth-order valence-corrected chi connectivity index (χ4v) is 6.60. The molecule has 2 unspecified atom stereocenters. The van der Waals surface area contributed by atoms with Crippen molar-refractivity contribution in [2.24, 2.45) is 28.2 Å². The van der Waals surface area contributed by atoms with E-state index in [4.69, 9.17) is 4.74 Å². The Morgan fingerprint density at radius 1 is 1.38 bits per heavy atom. The number of aryl methyl sites for hydroxylation is 1. The molecule has 4 aliphatic rings. The van der Waals surface area contributed by atoms with Gasteiger partial charge in [0.15, 0.2) is 4.80 Å². The molecule has 1 N–H and O–H groups in total.